The first-order chi connectivity index (χ1) is 12.5. The van der Waals surface area contributed by atoms with Gasteiger partial charge in [0.1, 0.15) is 0 Å². The summed E-state index contributed by atoms with van der Waals surface area (Å²) in [7, 11) is 0. The maximum atomic E-state index is 12.2. The van der Waals surface area contributed by atoms with E-state index in [4.69, 9.17) is 11.6 Å². The van der Waals surface area contributed by atoms with Crippen LogP contribution in [0.5, 0.6) is 0 Å². The third-order valence-corrected chi connectivity index (χ3v) is 4.49. The van der Waals surface area contributed by atoms with E-state index in [1.54, 1.807) is 36.4 Å². The molecule has 0 aliphatic carbocycles. The van der Waals surface area contributed by atoms with Gasteiger partial charge in [0.2, 0.25) is 5.91 Å². The Kier molecular flexibility index (Phi) is 5.70. The number of carbonyl (C=O) groups is 1. The van der Waals surface area contributed by atoms with Crippen LogP contribution in [-0.4, -0.2) is 48.5 Å². The van der Waals surface area contributed by atoms with Crippen molar-refractivity contribution in [1.29, 1.82) is 0 Å². The smallest absolute Gasteiger partial charge is 0.271 e. The molecule has 1 amide bonds. The highest BCUT2D eigenvalue weighted by atomic mass is 35.5. The van der Waals surface area contributed by atoms with E-state index in [9.17, 15) is 14.9 Å². The molecular formula is C18H19ClN4O3. The van der Waals surface area contributed by atoms with Crippen molar-refractivity contribution in [2.45, 2.75) is 0 Å². The zero-order valence-electron chi connectivity index (χ0n) is 14.1. The third-order valence-electron chi connectivity index (χ3n) is 4.25. The lowest BCUT2D eigenvalue weighted by molar-refractivity contribution is -0.384. The standard InChI is InChI=1S/C18H19ClN4O3/c19-14-3-1-4-15(11-14)20-18(24)13-21-7-9-22(10-8-21)16-5-2-6-17(12-16)23(25)26/h1-6,11-12H,7-10,13H2,(H,20,24). The SMILES string of the molecule is O=C(CN1CCN(c2cccc([N+](=O)[O-])c2)CC1)Nc1cccc(Cl)c1. The lowest BCUT2D eigenvalue weighted by Gasteiger charge is -2.35. The summed E-state index contributed by atoms with van der Waals surface area (Å²) in [6.45, 7) is 3.16. The Morgan fingerprint density at radius 1 is 1.12 bits per heavy atom. The van der Waals surface area contributed by atoms with Crippen molar-refractivity contribution in [3.63, 3.8) is 0 Å². The highest BCUT2D eigenvalue weighted by Crippen LogP contribution is 2.22. The molecule has 0 spiro atoms. The minimum atomic E-state index is -0.389. The molecule has 1 saturated heterocycles. The van der Waals surface area contributed by atoms with Gasteiger partial charge in [-0.3, -0.25) is 19.8 Å². The summed E-state index contributed by atoms with van der Waals surface area (Å²) in [6, 6.07) is 13.7. The summed E-state index contributed by atoms with van der Waals surface area (Å²) in [6.07, 6.45) is 0. The average molecular weight is 375 g/mol. The first kappa shape index (κ1) is 18.2. The maximum absolute atomic E-state index is 12.2. The first-order valence-corrected chi connectivity index (χ1v) is 8.66. The van der Waals surface area contributed by atoms with E-state index in [1.165, 1.54) is 6.07 Å². The molecule has 0 bridgehead atoms. The van der Waals surface area contributed by atoms with E-state index >= 15 is 0 Å². The van der Waals surface area contributed by atoms with Crippen molar-refractivity contribution in [3.05, 3.63) is 63.7 Å². The van der Waals surface area contributed by atoms with Crippen molar-refractivity contribution < 1.29 is 9.72 Å². The van der Waals surface area contributed by atoms with E-state index in [0.29, 0.717) is 43.4 Å². The van der Waals surface area contributed by atoms with Gasteiger partial charge in [-0.1, -0.05) is 23.7 Å². The van der Waals surface area contributed by atoms with Crippen LogP contribution in [0.15, 0.2) is 48.5 Å². The van der Waals surface area contributed by atoms with Gasteiger partial charge in [-0.2, -0.15) is 0 Å². The van der Waals surface area contributed by atoms with Gasteiger partial charge in [0.15, 0.2) is 0 Å². The number of nitro groups is 1. The molecule has 136 valence electrons. The molecule has 2 aromatic rings. The van der Waals surface area contributed by atoms with Gasteiger partial charge in [0, 0.05) is 54.7 Å². The number of amides is 1. The van der Waals surface area contributed by atoms with Crippen molar-refractivity contribution in [1.82, 2.24) is 4.90 Å². The summed E-state index contributed by atoms with van der Waals surface area (Å²) in [5.41, 5.74) is 1.60. The normalized spacial score (nSPS) is 14.9. The summed E-state index contributed by atoms with van der Waals surface area (Å²) in [4.78, 5) is 26.9. The molecule has 1 N–H and O–H groups in total. The van der Waals surface area contributed by atoms with Gasteiger partial charge in [0.25, 0.3) is 5.69 Å². The molecule has 0 saturated carbocycles. The molecule has 1 aliphatic heterocycles. The number of non-ortho nitro benzene ring substituents is 1. The Hall–Kier alpha value is -2.64. The number of rotatable bonds is 5. The molecule has 0 unspecified atom stereocenters. The van der Waals surface area contributed by atoms with E-state index in [2.05, 4.69) is 15.1 Å². The Bertz CT molecular complexity index is 807. The zero-order valence-corrected chi connectivity index (χ0v) is 14.9. The second-order valence-corrected chi connectivity index (χ2v) is 6.54. The number of halogens is 1. The van der Waals surface area contributed by atoms with E-state index in [-0.39, 0.29) is 16.5 Å². The fourth-order valence-electron chi connectivity index (χ4n) is 2.94. The predicted octanol–water partition coefficient (Wildman–Crippen LogP) is 3.01. The monoisotopic (exact) mass is 374 g/mol. The fraction of sp³-hybridized carbons (Fsp3) is 0.278. The largest absolute Gasteiger partial charge is 0.369 e. The lowest BCUT2D eigenvalue weighted by Crippen LogP contribution is -2.48. The minimum Gasteiger partial charge on any atom is -0.369 e. The third kappa shape index (κ3) is 4.71. The van der Waals surface area contributed by atoms with E-state index < -0.39 is 0 Å². The van der Waals surface area contributed by atoms with Crippen molar-refractivity contribution in [2.24, 2.45) is 0 Å². The van der Waals surface area contributed by atoms with Crippen LogP contribution in [0.3, 0.4) is 0 Å². The van der Waals surface area contributed by atoms with Crippen LogP contribution < -0.4 is 10.2 Å². The highest BCUT2D eigenvalue weighted by molar-refractivity contribution is 6.30. The van der Waals surface area contributed by atoms with Crippen molar-refractivity contribution in [3.8, 4) is 0 Å². The van der Waals surface area contributed by atoms with Crippen LogP contribution in [0.2, 0.25) is 5.02 Å². The van der Waals surface area contributed by atoms with Gasteiger partial charge in [-0.05, 0) is 24.3 Å². The Labute approximate surface area is 156 Å². The van der Waals surface area contributed by atoms with Gasteiger partial charge in [-0.15, -0.1) is 0 Å². The molecule has 7 nitrogen and oxygen atoms in total. The van der Waals surface area contributed by atoms with Crippen molar-refractivity contribution in [2.75, 3.05) is 42.9 Å². The highest BCUT2D eigenvalue weighted by Gasteiger charge is 2.20. The Balaban J connectivity index is 1.51. The molecule has 26 heavy (non-hydrogen) atoms. The molecule has 1 fully saturated rings. The van der Waals surface area contributed by atoms with Gasteiger partial charge in [0.05, 0.1) is 11.5 Å². The molecule has 1 heterocycles. The first-order valence-electron chi connectivity index (χ1n) is 8.28. The molecule has 0 aromatic heterocycles. The number of nitrogens with zero attached hydrogens (tertiary/aromatic N) is 3. The quantitative estimate of drug-likeness (QED) is 0.643. The number of anilines is 2. The van der Waals surface area contributed by atoms with Gasteiger partial charge in [-0.25, -0.2) is 0 Å². The van der Waals surface area contributed by atoms with Crippen molar-refractivity contribution >= 4 is 34.6 Å². The van der Waals surface area contributed by atoms with Crippen LogP contribution in [0.25, 0.3) is 0 Å². The maximum Gasteiger partial charge on any atom is 0.271 e. The minimum absolute atomic E-state index is 0.0870. The second kappa shape index (κ2) is 8.16. The van der Waals surface area contributed by atoms with E-state index in [0.717, 1.165) is 5.69 Å². The molecule has 2 aromatic carbocycles. The van der Waals surface area contributed by atoms with Crippen LogP contribution >= 0.6 is 11.6 Å². The van der Waals surface area contributed by atoms with E-state index in [1.807, 2.05) is 6.07 Å². The number of piperazine rings is 1. The lowest BCUT2D eigenvalue weighted by atomic mass is 10.2. The van der Waals surface area contributed by atoms with Gasteiger partial charge >= 0.3 is 0 Å². The average Bonchev–Trinajstić information content (AvgIpc) is 2.62. The van der Waals surface area contributed by atoms with Crippen LogP contribution in [0.1, 0.15) is 0 Å². The molecule has 8 heteroatoms. The molecular weight excluding hydrogens is 356 g/mol. The second-order valence-electron chi connectivity index (χ2n) is 6.10. The summed E-state index contributed by atoms with van der Waals surface area (Å²) in [5, 5.41) is 14.3. The Morgan fingerprint density at radius 3 is 2.54 bits per heavy atom. The number of nitro benzene ring substituents is 1. The molecule has 1 aliphatic rings. The molecule has 3 rings (SSSR count). The summed E-state index contributed by atoms with van der Waals surface area (Å²) >= 11 is 5.92. The van der Waals surface area contributed by atoms with Crippen LogP contribution in [0.4, 0.5) is 17.1 Å². The van der Waals surface area contributed by atoms with Crippen LogP contribution in [0, 0.1) is 10.1 Å². The number of nitrogens with one attached hydrogen (secondary N) is 1. The van der Waals surface area contributed by atoms with Crippen LogP contribution in [-0.2, 0) is 4.79 Å². The molecule has 0 atom stereocenters. The predicted molar refractivity (Wildman–Crippen MR) is 102 cm³/mol. The number of carbonyl (C=O) groups excluding carboxylic acids is 1. The number of hydrogen-bond donors (Lipinski definition) is 1. The number of benzene rings is 2. The fourth-order valence-corrected chi connectivity index (χ4v) is 3.13. The Morgan fingerprint density at radius 2 is 1.85 bits per heavy atom. The summed E-state index contributed by atoms with van der Waals surface area (Å²) in [5.74, 6) is -0.0870. The topological polar surface area (TPSA) is 78.7 Å². The number of hydrogen-bond acceptors (Lipinski definition) is 5. The zero-order chi connectivity index (χ0) is 18.5. The van der Waals surface area contributed by atoms with Gasteiger partial charge < -0.3 is 10.2 Å². The summed E-state index contributed by atoms with van der Waals surface area (Å²) < 4.78 is 0. The molecule has 0 radical (unpaired) electrons.